The van der Waals surface area contributed by atoms with E-state index in [4.69, 9.17) is 0 Å². The van der Waals surface area contributed by atoms with E-state index in [9.17, 15) is 22.8 Å². The molecule has 1 aliphatic carbocycles. The van der Waals surface area contributed by atoms with Crippen LogP contribution in [0.3, 0.4) is 0 Å². The summed E-state index contributed by atoms with van der Waals surface area (Å²) >= 11 is 3.40. The van der Waals surface area contributed by atoms with Gasteiger partial charge in [-0.1, -0.05) is 32.4 Å². The number of halogens is 4. The van der Waals surface area contributed by atoms with Crippen LogP contribution in [0.15, 0.2) is 47.1 Å². The third-order valence-electron chi connectivity index (χ3n) is 4.56. The van der Waals surface area contributed by atoms with Crippen molar-refractivity contribution in [2.75, 3.05) is 24.9 Å². The molecule has 0 atom stereocenters. The van der Waals surface area contributed by atoms with E-state index >= 15 is 0 Å². The van der Waals surface area contributed by atoms with Gasteiger partial charge in [-0.05, 0) is 66.9 Å². The predicted octanol–water partition coefficient (Wildman–Crippen LogP) is 7.58. The highest BCUT2D eigenvalue weighted by Gasteiger charge is 2.30. The molecule has 11 heteroatoms. The van der Waals surface area contributed by atoms with Crippen molar-refractivity contribution in [3.05, 3.63) is 52.8 Å². The Morgan fingerprint density at radius 2 is 1.57 bits per heavy atom. The Morgan fingerprint density at radius 3 is 2.05 bits per heavy atom. The van der Waals surface area contributed by atoms with Gasteiger partial charge in [-0.25, -0.2) is 18.3 Å². The molecule has 4 rings (SSSR count). The lowest BCUT2D eigenvalue weighted by molar-refractivity contribution is -0.115. The predicted molar refractivity (Wildman–Crippen MR) is 147 cm³/mol. The molecule has 0 aliphatic heterocycles. The molecule has 0 saturated heterocycles. The van der Waals surface area contributed by atoms with Crippen molar-refractivity contribution in [3.8, 4) is 0 Å². The molecule has 2 N–H and O–H groups in total. The van der Waals surface area contributed by atoms with Crippen LogP contribution in [0, 0.1) is 0 Å². The van der Waals surface area contributed by atoms with Gasteiger partial charge >= 0.3 is 0 Å². The Kier molecular flexibility index (Phi) is 16.9. The van der Waals surface area contributed by atoms with Crippen molar-refractivity contribution < 1.29 is 22.8 Å². The Bertz CT molecular complexity index is 1080. The second-order valence-corrected chi connectivity index (χ2v) is 8.50. The fraction of sp³-hybridized carbons (Fsp3) is 0.462. The molecule has 206 valence electrons. The van der Waals surface area contributed by atoms with Crippen LogP contribution in [0.4, 0.5) is 24.8 Å². The minimum absolute atomic E-state index is 0.118. The zero-order chi connectivity index (χ0) is 28.4. The topological polar surface area (TPSA) is 88.4 Å². The Balaban J connectivity index is 0.000000670. The molecule has 2 aromatic heterocycles. The van der Waals surface area contributed by atoms with E-state index in [2.05, 4.69) is 36.6 Å². The minimum atomic E-state index is -2.32. The van der Waals surface area contributed by atoms with Gasteiger partial charge in [-0.15, -0.1) is 5.10 Å². The summed E-state index contributed by atoms with van der Waals surface area (Å²) in [5.74, 6) is -1.94. The fourth-order valence-corrected chi connectivity index (χ4v) is 3.39. The first-order valence-corrected chi connectivity index (χ1v) is 12.7. The maximum atomic E-state index is 12.4. The number of carbonyl (C=O) groups excluding carboxylic acids is 2. The van der Waals surface area contributed by atoms with Crippen LogP contribution in [-0.4, -0.2) is 46.4 Å². The molecule has 0 radical (unpaired) electrons. The number of alkyl halides is 3. The summed E-state index contributed by atoms with van der Waals surface area (Å²) in [6.45, 7) is 7.06. The van der Waals surface area contributed by atoms with Gasteiger partial charge in [-0.2, -0.15) is 0 Å². The third-order valence-corrected chi connectivity index (χ3v) is 5.25. The number of Topliss-reactive ketones (excluding diaryl/α,β-unsaturated/α-hetero) is 1. The van der Waals surface area contributed by atoms with E-state index in [1.807, 2.05) is 38.1 Å². The largest absolute Gasteiger partial charge is 0.356 e. The molecule has 3 aromatic rings. The number of nitrogens with one attached hydrogen (secondary N) is 2. The minimum Gasteiger partial charge on any atom is -0.356 e. The Hall–Kier alpha value is -2.95. The number of ketones is 1. The van der Waals surface area contributed by atoms with E-state index in [0.29, 0.717) is 37.3 Å². The highest BCUT2D eigenvalue weighted by Crippen LogP contribution is 2.32. The molecule has 1 aliphatic rings. The monoisotopic (exact) mass is 587 g/mol. The number of para-hydroxylation sites is 1. The van der Waals surface area contributed by atoms with Crippen molar-refractivity contribution in [1.82, 2.24) is 14.6 Å². The maximum Gasteiger partial charge on any atom is 0.274 e. The number of benzene rings is 1. The number of anilines is 2. The number of hydrogen-bond acceptors (Lipinski definition) is 5. The van der Waals surface area contributed by atoms with E-state index in [-0.39, 0.29) is 24.5 Å². The number of aromatic nitrogens is 3. The van der Waals surface area contributed by atoms with Crippen molar-refractivity contribution in [1.29, 1.82) is 0 Å². The zero-order valence-electron chi connectivity index (χ0n) is 22.2. The molecule has 37 heavy (non-hydrogen) atoms. The van der Waals surface area contributed by atoms with Gasteiger partial charge in [0.05, 0.1) is 24.6 Å². The van der Waals surface area contributed by atoms with Crippen molar-refractivity contribution in [2.24, 2.45) is 0 Å². The molecule has 7 nitrogen and oxygen atoms in total. The Morgan fingerprint density at radius 1 is 1.00 bits per heavy atom. The van der Waals surface area contributed by atoms with Gasteiger partial charge in [0.25, 0.3) is 5.91 Å². The van der Waals surface area contributed by atoms with Crippen LogP contribution < -0.4 is 10.6 Å². The lowest BCUT2D eigenvalue weighted by Crippen LogP contribution is -2.18. The zero-order valence-corrected chi connectivity index (χ0v) is 23.8. The molecule has 1 fully saturated rings. The summed E-state index contributed by atoms with van der Waals surface area (Å²) in [4.78, 5) is 26.0. The molecule has 0 unspecified atom stereocenters. The number of rotatable bonds is 3. The van der Waals surface area contributed by atoms with Crippen molar-refractivity contribution >= 4 is 44.8 Å². The summed E-state index contributed by atoms with van der Waals surface area (Å²) in [6, 6.07) is 11.0. The first kappa shape index (κ1) is 34.1. The highest BCUT2D eigenvalue weighted by atomic mass is 79.9. The van der Waals surface area contributed by atoms with Crippen LogP contribution in [0.5, 0.6) is 0 Å². The highest BCUT2D eigenvalue weighted by molar-refractivity contribution is 9.10. The first-order valence-electron chi connectivity index (χ1n) is 11.9. The first-order chi connectivity index (χ1) is 17.6. The fourth-order valence-electron chi connectivity index (χ4n) is 3.01. The summed E-state index contributed by atoms with van der Waals surface area (Å²) in [5, 5.41) is 9.97. The average molecular weight is 589 g/mol. The third kappa shape index (κ3) is 12.7. The number of fused-ring (bicyclic) bond motifs is 1. The van der Waals surface area contributed by atoms with Crippen LogP contribution in [0.2, 0.25) is 0 Å². The van der Waals surface area contributed by atoms with E-state index < -0.39 is 5.92 Å². The van der Waals surface area contributed by atoms with Gasteiger partial charge in [0.2, 0.25) is 11.9 Å². The smallest absolute Gasteiger partial charge is 0.274 e. The van der Waals surface area contributed by atoms with E-state index in [1.54, 1.807) is 29.9 Å². The lowest BCUT2D eigenvalue weighted by Gasteiger charge is -2.20. The van der Waals surface area contributed by atoms with Crippen molar-refractivity contribution in [3.63, 3.8) is 0 Å². The van der Waals surface area contributed by atoms with Crippen molar-refractivity contribution in [2.45, 2.75) is 65.7 Å². The molecule has 1 aromatic carbocycles. The number of nitrogens with zero attached hydrogens (tertiary/aromatic N) is 3. The van der Waals surface area contributed by atoms with Crippen LogP contribution >= 0.6 is 15.9 Å². The molecule has 2 heterocycles. The summed E-state index contributed by atoms with van der Waals surface area (Å²) in [5.41, 5.74) is 1.91. The standard InChI is InChI=1S/C14H12BrN5O.C6H10F2.C3H6O.C2H6.CH3F/c1-16-14-17-8-9-6-7-12(20(9)19-14)13(21)18-11-5-3-2-4-10(11)15;7-6(8)4-2-1-3-5-6;1-3(2)4;2*1-2/h2-8H,1H3,(H,16,19)(H,18,21);1-5H2;1-2H3;1-2H3;1H3. The van der Waals surface area contributed by atoms with E-state index in [0.717, 1.165) is 16.4 Å². The Labute approximate surface area is 225 Å². The second-order valence-electron chi connectivity index (χ2n) is 7.65. The molecular weight excluding hydrogens is 551 g/mol. The van der Waals surface area contributed by atoms with Gasteiger partial charge < -0.3 is 15.4 Å². The summed E-state index contributed by atoms with van der Waals surface area (Å²) in [7, 11) is 2.23. The summed E-state index contributed by atoms with van der Waals surface area (Å²) in [6.07, 6.45) is 4.32. The molecule has 1 saturated carbocycles. The molecular formula is C26H37BrF3N5O2. The summed E-state index contributed by atoms with van der Waals surface area (Å²) < 4.78 is 36.3. The maximum absolute atomic E-state index is 12.4. The quantitative estimate of drug-likeness (QED) is 0.329. The number of carbonyl (C=O) groups is 2. The van der Waals surface area contributed by atoms with Gasteiger partial charge in [-0.3, -0.25) is 9.18 Å². The van der Waals surface area contributed by atoms with Gasteiger partial charge in [0.1, 0.15) is 11.5 Å². The molecule has 0 spiro atoms. The number of amides is 1. The lowest BCUT2D eigenvalue weighted by atomic mass is 9.97. The van der Waals surface area contributed by atoms with Crippen LogP contribution in [0.1, 0.15) is 70.3 Å². The number of hydrogen-bond donors (Lipinski definition) is 2. The van der Waals surface area contributed by atoms with Crippen LogP contribution in [0.25, 0.3) is 5.52 Å². The second kappa shape index (κ2) is 18.3. The normalized spacial score (nSPS) is 13.0. The van der Waals surface area contributed by atoms with Gasteiger partial charge in [0.15, 0.2) is 0 Å². The van der Waals surface area contributed by atoms with Gasteiger partial charge in [0, 0.05) is 24.4 Å². The molecule has 1 amide bonds. The molecule has 0 bridgehead atoms. The van der Waals surface area contributed by atoms with E-state index in [1.165, 1.54) is 13.8 Å². The van der Waals surface area contributed by atoms with Crippen LogP contribution in [-0.2, 0) is 4.79 Å². The average Bonchev–Trinajstić information content (AvgIpc) is 3.31. The SMILES string of the molecule is CC.CC(C)=O.CF.CNc1ncc2ccc(C(=O)Nc3ccccc3Br)n2n1.FC1(F)CCCCC1.